The number of carbonyl (C=O) groups excluding carboxylic acids is 1. The Balaban J connectivity index is 1.10. The Labute approximate surface area is 287 Å². The molecule has 0 bridgehead atoms. The van der Waals surface area contributed by atoms with Crippen LogP contribution in [0.15, 0.2) is 127 Å². The summed E-state index contributed by atoms with van der Waals surface area (Å²) in [4.78, 5) is 18.8. The Morgan fingerprint density at radius 1 is 0.714 bits per heavy atom. The quantitative estimate of drug-likeness (QED) is 0.112. The largest absolute Gasteiger partial charge is 0.492 e. The molecule has 0 saturated carbocycles. The number of hydrogen-bond donors (Lipinski definition) is 0. The Morgan fingerprint density at radius 3 is 1.92 bits per heavy atom. The number of ketones is 1. The van der Waals surface area contributed by atoms with Gasteiger partial charge in [-0.25, -0.2) is 0 Å². The molecule has 5 aromatic carbocycles. The average Bonchev–Trinajstić information content (AvgIpc) is 3.43. The molecule has 2 aliphatic heterocycles. The highest BCUT2D eigenvalue weighted by Gasteiger charge is 2.42. The molecule has 49 heavy (non-hydrogen) atoms. The zero-order valence-corrected chi connectivity index (χ0v) is 27.7. The van der Waals surface area contributed by atoms with Crippen LogP contribution >= 0.6 is 0 Å². The second-order valence-electron chi connectivity index (χ2n) is 12.9. The third-order valence-electron chi connectivity index (χ3n) is 9.52. The lowest BCUT2D eigenvalue weighted by molar-refractivity contribution is 0.0668. The Hall–Kier alpha value is -5.14. The van der Waals surface area contributed by atoms with Crippen LogP contribution in [0.5, 0.6) is 17.2 Å². The molecule has 0 N–H and O–H groups in total. The molecule has 0 spiro atoms. The number of likely N-dealkylation sites (N-methyl/N-ethyl adjacent to an activating group) is 1. The molecule has 0 aliphatic carbocycles. The van der Waals surface area contributed by atoms with Gasteiger partial charge in [-0.05, 0) is 64.7 Å². The first kappa shape index (κ1) is 32.4. The number of likely N-dealkylation sites (tertiary alicyclic amines) is 1. The highest BCUT2D eigenvalue weighted by atomic mass is 19.1. The number of Topliss-reactive ketones (excluding diaryl/α,β-unsaturated/α-hetero) is 1. The zero-order valence-electron chi connectivity index (χ0n) is 27.7. The number of anilines is 1. The van der Waals surface area contributed by atoms with E-state index in [0.29, 0.717) is 31.1 Å². The SMILES string of the molecule is CN1c2cc(OCc3ccccc3)ccc2C(C(=O)c2ccc(OCCN3CC(CF)C3)cc2)C1c1ccc(OCc2ccccc2)cc1. The maximum atomic E-state index is 14.4. The van der Waals surface area contributed by atoms with Crippen LogP contribution in [-0.4, -0.2) is 50.6 Å². The molecular weight excluding hydrogens is 615 g/mol. The van der Waals surface area contributed by atoms with Gasteiger partial charge in [-0.2, -0.15) is 0 Å². The maximum absolute atomic E-state index is 14.4. The third kappa shape index (κ3) is 7.47. The fraction of sp³-hybridized carbons (Fsp3) is 0.262. The van der Waals surface area contributed by atoms with E-state index in [4.69, 9.17) is 14.2 Å². The molecular formula is C42H41FN2O4. The smallest absolute Gasteiger partial charge is 0.172 e. The van der Waals surface area contributed by atoms with Gasteiger partial charge in [-0.1, -0.05) is 78.9 Å². The van der Waals surface area contributed by atoms with E-state index in [9.17, 15) is 9.18 Å². The third-order valence-corrected chi connectivity index (χ3v) is 9.52. The van der Waals surface area contributed by atoms with Crippen LogP contribution in [0, 0.1) is 5.92 Å². The fourth-order valence-corrected chi connectivity index (χ4v) is 6.81. The van der Waals surface area contributed by atoms with Crippen molar-refractivity contribution in [3.8, 4) is 17.2 Å². The molecule has 0 amide bonds. The number of carbonyl (C=O) groups is 1. The van der Waals surface area contributed by atoms with Crippen LogP contribution in [0.3, 0.4) is 0 Å². The molecule has 0 aromatic heterocycles. The molecule has 250 valence electrons. The molecule has 2 heterocycles. The summed E-state index contributed by atoms with van der Waals surface area (Å²) in [5.74, 6) is 2.02. The molecule has 7 heteroatoms. The summed E-state index contributed by atoms with van der Waals surface area (Å²) in [6.45, 7) is 3.55. The van der Waals surface area contributed by atoms with Crippen molar-refractivity contribution in [2.45, 2.75) is 25.2 Å². The van der Waals surface area contributed by atoms with Gasteiger partial charge in [0.25, 0.3) is 0 Å². The van der Waals surface area contributed by atoms with Crippen LogP contribution in [0.1, 0.15) is 44.6 Å². The predicted molar refractivity (Wildman–Crippen MR) is 190 cm³/mol. The molecule has 1 fully saturated rings. The van der Waals surface area contributed by atoms with Gasteiger partial charge < -0.3 is 19.1 Å². The zero-order chi connectivity index (χ0) is 33.6. The Morgan fingerprint density at radius 2 is 1.29 bits per heavy atom. The minimum atomic E-state index is -0.430. The number of nitrogens with zero attached hydrogens (tertiary/aromatic N) is 2. The second kappa shape index (κ2) is 15.0. The van der Waals surface area contributed by atoms with E-state index >= 15 is 0 Å². The van der Waals surface area contributed by atoms with Gasteiger partial charge in [0.15, 0.2) is 5.78 Å². The van der Waals surface area contributed by atoms with Crippen LogP contribution < -0.4 is 19.1 Å². The molecule has 0 radical (unpaired) electrons. The summed E-state index contributed by atoms with van der Waals surface area (Å²) < 4.78 is 30.9. The molecule has 2 aliphatic rings. The van der Waals surface area contributed by atoms with Gasteiger partial charge >= 0.3 is 0 Å². The summed E-state index contributed by atoms with van der Waals surface area (Å²) in [6.07, 6.45) is 0. The van der Waals surface area contributed by atoms with E-state index in [1.165, 1.54) is 0 Å². The van der Waals surface area contributed by atoms with E-state index in [2.05, 4.69) is 21.9 Å². The fourth-order valence-electron chi connectivity index (χ4n) is 6.81. The van der Waals surface area contributed by atoms with Crippen LogP contribution in [-0.2, 0) is 13.2 Å². The summed E-state index contributed by atoms with van der Waals surface area (Å²) in [7, 11) is 2.04. The topological polar surface area (TPSA) is 51.2 Å². The minimum absolute atomic E-state index is 0.0438. The standard InChI is InChI=1S/C42H41FN2O4/c1-44-39-24-37(49-29-31-10-6-3-7-11-31)20-21-38(39)40(41(44)33-12-16-36(17-13-33)48-28-30-8-4-2-5-9-30)42(46)34-14-18-35(19-15-34)47-23-22-45-26-32(25-43)27-45/h2-21,24,32,40-41H,22-23,25-29H2,1H3. The van der Waals surface area contributed by atoms with Gasteiger partial charge in [0.05, 0.1) is 18.6 Å². The van der Waals surface area contributed by atoms with Crippen molar-refractivity contribution in [2.24, 2.45) is 5.92 Å². The van der Waals surface area contributed by atoms with Crippen molar-refractivity contribution in [1.29, 1.82) is 0 Å². The number of benzene rings is 5. The summed E-state index contributed by atoms with van der Waals surface area (Å²) >= 11 is 0. The van der Waals surface area contributed by atoms with Crippen LogP contribution in [0.2, 0.25) is 0 Å². The van der Waals surface area contributed by atoms with Gasteiger partial charge in [0, 0.05) is 49.9 Å². The molecule has 7 rings (SSSR count). The number of hydrogen-bond acceptors (Lipinski definition) is 6. The van der Waals surface area contributed by atoms with Crippen LogP contribution in [0.4, 0.5) is 10.1 Å². The van der Waals surface area contributed by atoms with Gasteiger partial charge in [0.2, 0.25) is 0 Å². The van der Waals surface area contributed by atoms with Crippen molar-refractivity contribution in [3.63, 3.8) is 0 Å². The lowest BCUT2D eigenvalue weighted by Gasteiger charge is -2.37. The minimum Gasteiger partial charge on any atom is -0.492 e. The highest BCUT2D eigenvalue weighted by molar-refractivity contribution is 6.04. The van der Waals surface area contributed by atoms with E-state index < -0.39 is 5.92 Å². The van der Waals surface area contributed by atoms with Gasteiger partial charge in [-0.15, -0.1) is 0 Å². The first-order chi connectivity index (χ1) is 24.1. The molecule has 2 atom stereocenters. The lowest BCUT2D eigenvalue weighted by atomic mass is 9.84. The molecule has 6 nitrogen and oxygen atoms in total. The van der Waals surface area contributed by atoms with Gasteiger partial charge in [-0.3, -0.25) is 14.1 Å². The lowest BCUT2D eigenvalue weighted by Crippen LogP contribution is -2.49. The number of alkyl halides is 1. The molecule has 5 aromatic rings. The van der Waals surface area contributed by atoms with Crippen molar-refractivity contribution in [3.05, 3.63) is 155 Å². The number of fused-ring (bicyclic) bond motifs is 1. The first-order valence-corrected chi connectivity index (χ1v) is 16.9. The predicted octanol–water partition coefficient (Wildman–Crippen LogP) is 8.28. The maximum Gasteiger partial charge on any atom is 0.172 e. The van der Waals surface area contributed by atoms with E-state index in [0.717, 1.165) is 59.1 Å². The van der Waals surface area contributed by atoms with Gasteiger partial charge in [0.1, 0.15) is 37.1 Å². The van der Waals surface area contributed by atoms with Crippen molar-refractivity contribution >= 4 is 11.5 Å². The normalized spacial score (nSPS) is 17.3. The first-order valence-electron chi connectivity index (χ1n) is 16.9. The number of rotatable bonds is 14. The van der Waals surface area contributed by atoms with Crippen molar-refractivity contribution < 1.29 is 23.4 Å². The van der Waals surface area contributed by atoms with E-state index in [1.54, 1.807) is 0 Å². The average molecular weight is 657 g/mol. The van der Waals surface area contributed by atoms with E-state index in [1.807, 2.05) is 122 Å². The number of ether oxygens (including phenoxy) is 3. The van der Waals surface area contributed by atoms with E-state index in [-0.39, 0.29) is 24.4 Å². The Kier molecular flexibility index (Phi) is 9.89. The Bertz CT molecular complexity index is 1830. The second-order valence-corrected chi connectivity index (χ2v) is 12.9. The van der Waals surface area contributed by atoms with Crippen molar-refractivity contribution in [1.82, 2.24) is 4.90 Å². The summed E-state index contributed by atoms with van der Waals surface area (Å²) in [5.41, 5.74) is 5.79. The summed E-state index contributed by atoms with van der Waals surface area (Å²) in [6, 6.07) is 41.5. The summed E-state index contributed by atoms with van der Waals surface area (Å²) in [5, 5.41) is 0. The highest BCUT2D eigenvalue weighted by Crippen LogP contribution is 2.50. The number of halogens is 1. The van der Waals surface area contributed by atoms with Crippen molar-refractivity contribution in [2.75, 3.05) is 44.9 Å². The monoisotopic (exact) mass is 656 g/mol. The molecule has 1 saturated heterocycles. The van der Waals surface area contributed by atoms with Crippen LogP contribution in [0.25, 0.3) is 0 Å². The molecule has 2 unspecified atom stereocenters.